The molecule has 114 valence electrons. The number of halogens is 1. The van der Waals surface area contributed by atoms with E-state index in [1.165, 1.54) is 0 Å². The highest BCUT2D eigenvalue weighted by Crippen LogP contribution is 2.36. The maximum Gasteiger partial charge on any atom is 0.250 e. The number of ether oxygens (including phenoxy) is 2. The lowest BCUT2D eigenvalue weighted by Crippen LogP contribution is -2.39. The minimum absolute atomic E-state index is 0.338. The van der Waals surface area contributed by atoms with Crippen LogP contribution in [0, 0.1) is 0 Å². The maximum absolute atomic E-state index is 11.3. The van der Waals surface area contributed by atoms with E-state index in [0.717, 1.165) is 31.4 Å². The van der Waals surface area contributed by atoms with Crippen LogP contribution in [-0.2, 0) is 9.47 Å². The third-order valence-electron chi connectivity index (χ3n) is 4.16. The number of nitrogens with two attached hydrogens (primary N) is 1. The van der Waals surface area contributed by atoms with Gasteiger partial charge in [0.2, 0.25) is 5.91 Å². The third-order valence-corrected chi connectivity index (χ3v) is 4.49. The highest BCUT2D eigenvalue weighted by Gasteiger charge is 2.40. The van der Waals surface area contributed by atoms with Gasteiger partial charge >= 0.3 is 0 Å². The molecule has 1 aromatic carbocycles. The first kappa shape index (κ1) is 14.6. The SMILES string of the molecule is NC(=O)c1cc(NC2CCC3(CC2)OCCO3)ccc1Cl. The fourth-order valence-electron chi connectivity index (χ4n) is 3.03. The van der Waals surface area contributed by atoms with E-state index >= 15 is 0 Å². The van der Waals surface area contributed by atoms with Crippen LogP contribution in [0.2, 0.25) is 5.02 Å². The highest BCUT2D eigenvalue weighted by molar-refractivity contribution is 6.33. The smallest absolute Gasteiger partial charge is 0.250 e. The summed E-state index contributed by atoms with van der Waals surface area (Å²) in [6.07, 6.45) is 3.71. The summed E-state index contributed by atoms with van der Waals surface area (Å²) in [6.45, 7) is 1.38. The number of nitrogens with one attached hydrogen (secondary N) is 1. The fourth-order valence-corrected chi connectivity index (χ4v) is 3.24. The van der Waals surface area contributed by atoms with Gasteiger partial charge in [0.05, 0.1) is 23.8 Å². The first-order valence-electron chi connectivity index (χ1n) is 7.22. The van der Waals surface area contributed by atoms with E-state index in [1.807, 2.05) is 6.07 Å². The van der Waals surface area contributed by atoms with Crippen molar-refractivity contribution in [3.05, 3.63) is 28.8 Å². The van der Waals surface area contributed by atoms with Gasteiger partial charge in [0, 0.05) is 24.6 Å². The molecule has 21 heavy (non-hydrogen) atoms. The molecule has 1 saturated heterocycles. The topological polar surface area (TPSA) is 73.6 Å². The largest absolute Gasteiger partial charge is 0.382 e. The van der Waals surface area contributed by atoms with Crippen LogP contribution < -0.4 is 11.1 Å². The summed E-state index contributed by atoms with van der Waals surface area (Å²) < 4.78 is 11.4. The predicted octanol–water partition coefficient (Wildman–Crippen LogP) is 2.54. The van der Waals surface area contributed by atoms with Crippen LogP contribution in [0.15, 0.2) is 18.2 Å². The lowest BCUT2D eigenvalue weighted by atomic mass is 9.90. The van der Waals surface area contributed by atoms with Crippen molar-refractivity contribution in [1.82, 2.24) is 0 Å². The first-order chi connectivity index (χ1) is 10.1. The lowest BCUT2D eigenvalue weighted by molar-refractivity contribution is -0.177. The molecule has 0 atom stereocenters. The molecule has 2 fully saturated rings. The molecule has 0 aromatic heterocycles. The molecular weight excluding hydrogens is 292 g/mol. The van der Waals surface area contributed by atoms with Crippen molar-refractivity contribution in [2.75, 3.05) is 18.5 Å². The Morgan fingerprint density at radius 1 is 1.29 bits per heavy atom. The number of carbonyl (C=O) groups excluding carboxylic acids is 1. The molecule has 1 amide bonds. The highest BCUT2D eigenvalue weighted by atomic mass is 35.5. The number of hydrogen-bond donors (Lipinski definition) is 2. The number of carbonyl (C=O) groups is 1. The average molecular weight is 311 g/mol. The van der Waals surface area contributed by atoms with Gasteiger partial charge in [0.25, 0.3) is 0 Å². The minimum atomic E-state index is -0.515. The molecule has 0 unspecified atom stereocenters. The Morgan fingerprint density at radius 2 is 1.95 bits per heavy atom. The van der Waals surface area contributed by atoms with Gasteiger partial charge < -0.3 is 20.5 Å². The fraction of sp³-hybridized carbons (Fsp3) is 0.533. The van der Waals surface area contributed by atoms with E-state index in [0.29, 0.717) is 29.8 Å². The number of anilines is 1. The van der Waals surface area contributed by atoms with E-state index in [-0.39, 0.29) is 5.79 Å². The summed E-state index contributed by atoms with van der Waals surface area (Å²) in [7, 11) is 0. The molecule has 3 N–H and O–H groups in total. The van der Waals surface area contributed by atoms with Crippen molar-refractivity contribution < 1.29 is 14.3 Å². The number of rotatable bonds is 3. The normalized spacial score (nSPS) is 21.6. The van der Waals surface area contributed by atoms with Crippen molar-refractivity contribution in [3.8, 4) is 0 Å². The molecule has 1 heterocycles. The Morgan fingerprint density at radius 3 is 2.57 bits per heavy atom. The zero-order chi connectivity index (χ0) is 14.9. The number of benzene rings is 1. The van der Waals surface area contributed by atoms with E-state index in [2.05, 4.69) is 5.32 Å². The molecule has 1 saturated carbocycles. The molecule has 1 spiro atoms. The van der Waals surface area contributed by atoms with Gasteiger partial charge in [-0.1, -0.05) is 11.6 Å². The van der Waals surface area contributed by atoms with Gasteiger partial charge in [-0.25, -0.2) is 0 Å². The molecule has 1 aromatic rings. The molecular formula is C15H19ClN2O3. The second-order valence-electron chi connectivity index (χ2n) is 5.59. The van der Waals surface area contributed by atoms with Crippen molar-refractivity contribution in [3.63, 3.8) is 0 Å². The number of primary amides is 1. The van der Waals surface area contributed by atoms with Crippen LogP contribution in [0.5, 0.6) is 0 Å². The zero-order valence-electron chi connectivity index (χ0n) is 11.7. The van der Waals surface area contributed by atoms with Crippen molar-refractivity contribution in [2.24, 2.45) is 5.73 Å². The summed E-state index contributed by atoms with van der Waals surface area (Å²) in [6, 6.07) is 5.60. The van der Waals surface area contributed by atoms with Gasteiger partial charge in [0.15, 0.2) is 5.79 Å². The van der Waals surface area contributed by atoms with Crippen LogP contribution >= 0.6 is 11.6 Å². The van der Waals surface area contributed by atoms with Crippen LogP contribution in [0.4, 0.5) is 5.69 Å². The molecule has 0 bridgehead atoms. The van der Waals surface area contributed by atoms with Gasteiger partial charge in [-0.3, -0.25) is 4.79 Å². The second kappa shape index (κ2) is 5.83. The first-order valence-corrected chi connectivity index (χ1v) is 7.60. The molecule has 1 aliphatic heterocycles. The van der Waals surface area contributed by atoms with Crippen molar-refractivity contribution in [1.29, 1.82) is 0 Å². The Balaban J connectivity index is 1.63. The van der Waals surface area contributed by atoms with Crippen LogP contribution in [0.3, 0.4) is 0 Å². The van der Waals surface area contributed by atoms with Gasteiger partial charge in [0.1, 0.15) is 0 Å². The molecule has 0 radical (unpaired) electrons. The lowest BCUT2D eigenvalue weighted by Gasteiger charge is -2.36. The zero-order valence-corrected chi connectivity index (χ0v) is 12.5. The number of hydrogen-bond acceptors (Lipinski definition) is 4. The van der Waals surface area contributed by atoms with Crippen LogP contribution in [0.25, 0.3) is 0 Å². The van der Waals surface area contributed by atoms with Crippen molar-refractivity contribution in [2.45, 2.75) is 37.5 Å². The summed E-state index contributed by atoms with van der Waals surface area (Å²) in [4.78, 5) is 11.3. The Hall–Kier alpha value is -1.30. The minimum Gasteiger partial charge on any atom is -0.382 e. The maximum atomic E-state index is 11.3. The molecule has 3 rings (SSSR count). The summed E-state index contributed by atoms with van der Waals surface area (Å²) in [5, 5.41) is 3.81. The van der Waals surface area contributed by atoms with Crippen LogP contribution in [0.1, 0.15) is 36.0 Å². The monoisotopic (exact) mass is 310 g/mol. The van der Waals surface area contributed by atoms with Crippen LogP contribution in [-0.4, -0.2) is 30.9 Å². The predicted molar refractivity (Wildman–Crippen MR) is 80.5 cm³/mol. The molecule has 1 aliphatic carbocycles. The average Bonchev–Trinajstić information content (AvgIpc) is 2.92. The van der Waals surface area contributed by atoms with Gasteiger partial charge in [-0.2, -0.15) is 0 Å². The van der Waals surface area contributed by atoms with E-state index in [1.54, 1.807) is 12.1 Å². The Kier molecular flexibility index (Phi) is 4.06. The van der Waals surface area contributed by atoms with Gasteiger partial charge in [-0.05, 0) is 31.0 Å². The molecule has 6 heteroatoms. The number of amides is 1. The summed E-state index contributed by atoms with van der Waals surface area (Å²) in [5.74, 6) is -0.865. The van der Waals surface area contributed by atoms with E-state index in [4.69, 9.17) is 26.8 Å². The third kappa shape index (κ3) is 3.15. The molecule has 2 aliphatic rings. The summed E-state index contributed by atoms with van der Waals surface area (Å²) >= 11 is 5.95. The molecule has 5 nitrogen and oxygen atoms in total. The van der Waals surface area contributed by atoms with Crippen molar-refractivity contribution >= 4 is 23.2 Å². The standard InChI is InChI=1S/C15H19ClN2O3/c16-13-2-1-11(9-12(13)14(17)19)18-10-3-5-15(6-4-10)20-7-8-21-15/h1-2,9-10,18H,3-8H2,(H2,17,19). The van der Waals surface area contributed by atoms with E-state index < -0.39 is 5.91 Å². The second-order valence-corrected chi connectivity index (χ2v) is 5.99. The quantitative estimate of drug-likeness (QED) is 0.900. The Bertz CT molecular complexity index is 534. The van der Waals surface area contributed by atoms with E-state index in [9.17, 15) is 4.79 Å². The van der Waals surface area contributed by atoms with Gasteiger partial charge in [-0.15, -0.1) is 0 Å². The summed E-state index contributed by atoms with van der Waals surface area (Å²) in [5.41, 5.74) is 6.52. The Labute approximate surface area is 128 Å².